The van der Waals surface area contributed by atoms with Crippen LogP contribution in [0, 0.1) is 0 Å². The Labute approximate surface area is 212 Å². The van der Waals surface area contributed by atoms with E-state index in [1.54, 1.807) is 6.92 Å². The molecule has 0 saturated carbocycles. The van der Waals surface area contributed by atoms with Gasteiger partial charge in [-0.3, -0.25) is 9.69 Å². The summed E-state index contributed by atoms with van der Waals surface area (Å²) in [6, 6.07) is 2.15. The number of ether oxygens (including phenoxy) is 1. The summed E-state index contributed by atoms with van der Waals surface area (Å²) in [6.45, 7) is 6.90. The van der Waals surface area contributed by atoms with E-state index in [0.29, 0.717) is 34.2 Å². The number of rotatable bonds is 8. The average Bonchev–Trinajstić information content (AvgIpc) is 3.52. The third kappa shape index (κ3) is 5.05. The van der Waals surface area contributed by atoms with Gasteiger partial charge in [0.2, 0.25) is 5.91 Å². The molecule has 0 aromatic carbocycles. The van der Waals surface area contributed by atoms with Crippen LogP contribution in [0.1, 0.15) is 53.9 Å². The Balaban J connectivity index is 1.60. The summed E-state index contributed by atoms with van der Waals surface area (Å²) in [6.07, 6.45) is 2.73. The quantitative estimate of drug-likeness (QED) is 0.499. The number of nitrogens with one attached hydrogen (secondary N) is 1. The summed E-state index contributed by atoms with van der Waals surface area (Å²) in [5, 5.41) is 3.33. The first kappa shape index (κ1) is 25.6. The van der Waals surface area contributed by atoms with Gasteiger partial charge in [-0.25, -0.2) is 13.2 Å². The van der Waals surface area contributed by atoms with Crippen LogP contribution in [-0.4, -0.2) is 61.8 Å². The summed E-state index contributed by atoms with van der Waals surface area (Å²) in [5.41, 5.74) is 1.33. The lowest BCUT2D eigenvalue weighted by molar-refractivity contribution is -0.119. The fourth-order valence-electron chi connectivity index (χ4n) is 4.51. The molecule has 0 spiro atoms. The Morgan fingerprint density at radius 3 is 2.71 bits per heavy atom. The second-order valence-electron chi connectivity index (χ2n) is 8.28. The molecule has 186 valence electrons. The van der Waals surface area contributed by atoms with Gasteiger partial charge in [-0.2, -0.15) is 4.31 Å². The first-order chi connectivity index (χ1) is 16.3. The molecule has 8 nitrogen and oxygen atoms in total. The molecular weight excluding hydrogens is 518 g/mol. The van der Waals surface area contributed by atoms with Gasteiger partial charge < -0.3 is 10.1 Å². The molecule has 1 fully saturated rings. The molecule has 12 heteroatoms. The highest BCUT2D eigenvalue weighted by molar-refractivity contribution is 7.91. The van der Waals surface area contributed by atoms with Gasteiger partial charge in [0.15, 0.2) is 0 Å². The van der Waals surface area contributed by atoms with Crippen molar-refractivity contribution in [3.63, 3.8) is 0 Å². The molecule has 2 aromatic rings. The van der Waals surface area contributed by atoms with E-state index in [0.717, 1.165) is 47.8 Å². The van der Waals surface area contributed by atoms with Crippen molar-refractivity contribution in [3.05, 3.63) is 32.5 Å². The molecule has 34 heavy (non-hydrogen) atoms. The summed E-state index contributed by atoms with van der Waals surface area (Å²) >= 11 is 8.30. The fourth-order valence-corrected chi connectivity index (χ4v) is 9.06. The molecule has 2 aliphatic heterocycles. The third-order valence-electron chi connectivity index (χ3n) is 6.01. The van der Waals surface area contributed by atoms with E-state index in [-0.39, 0.29) is 17.4 Å². The van der Waals surface area contributed by atoms with E-state index < -0.39 is 27.9 Å². The Hall–Kier alpha value is -1.50. The second kappa shape index (κ2) is 10.6. The van der Waals surface area contributed by atoms with E-state index in [2.05, 4.69) is 17.1 Å². The van der Waals surface area contributed by atoms with Crippen molar-refractivity contribution in [3.8, 4) is 0 Å². The normalized spacial score (nSPS) is 19.2. The highest BCUT2D eigenvalue weighted by Gasteiger charge is 2.41. The molecule has 0 bridgehead atoms. The molecule has 2 aliphatic rings. The Kier molecular flexibility index (Phi) is 8.00. The van der Waals surface area contributed by atoms with Gasteiger partial charge in [-0.1, -0.05) is 18.5 Å². The summed E-state index contributed by atoms with van der Waals surface area (Å²) < 4.78 is 33.3. The van der Waals surface area contributed by atoms with Crippen molar-refractivity contribution in [1.82, 2.24) is 9.21 Å². The molecule has 1 atom stereocenters. The van der Waals surface area contributed by atoms with Crippen molar-refractivity contribution in [2.24, 2.45) is 0 Å². The molecule has 2 aromatic heterocycles. The van der Waals surface area contributed by atoms with Gasteiger partial charge in [-0.15, -0.1) is 22.7 Å². The van der Waals surface area contributed by atoms with E-state index in [1.165, 1.54) is 27.8 Å². The highest BCUT2D eigenvalue weighted by atomic mass is 35.5. The third-order valence-corrected chi connectivity index (χ3v) is 10.7. The van der Waals surface area contributed by atoms with Crippen LogP contribution >= 0.6 is 34.3 Å². The number of anilines is 1. The van der Waals surface area contributed by atoms with Gasteiger partial charge >= 0.3 is 5.97 Å². The molecule has 4 rings (SSSR count). The van der Waals surface area contributed by atoms with Gasteiger partial charge in [0, 0.05) is 24.5 Å². The smallest absolute Gasteiger partial charge is 0.341 e. The summed E-state index contributed by atoms with van der Waals surface area (Å²) in [4.78, 5) is 29.5. The average molecular weight is 546 g/mol. The lowest BCUT2D eigenvalue weighted by Crippen LogP contribution is -2.42. The predicted molar refractivity (Wildman–Crippen MR) is 134 cm³/mol. The minimum atomic E-state index is -3.84. The van der Waals surface area contributed by atoms with Crippen LogP contribution in [0.15, 0.2) is 16.3 Å². The lowest BCUT2D eigenvalue weighted by Gasteiger charge is -2.26. The number of fused-ring (bicyclic) bond motifs is 1. The van der Waals surface area contributed by atoms with Crippen molar-refractivity contribution >= 4 is 61.2 Å². The van der Waals surface area contributed by atoms with Crippen LogP contribution in [0.5, 0.6) is 0 Å². The van der Waals surface area contributed by atoms with Crippen LogP contribution in [0.2, 0.25) is 4.34 Å². The van der Waals surface area contributed by atoms with Crippen molar-refractivity contribution in [1.29, 1.82) is 0 Å². The zero-order valence-electron chi connectivity index (χ0n) is 19.1. The molecule has 1 N–H and O–H groups in total. The van der Waals surface area contributed by atoms with E-state index in [1.807, 2.05) is 0 Å². The van der Waals surface area contributed by atoms with Crippen LogP contribution in [0.4, 0.5) is 5.00 Å². The molecule has 0 radical (unpaired) electrons. The molecule has 0 aliphatic carbocycles. The van der Waals surface area contributed by atoms with E-state index in [4.69, 9.17) is 16.3 Å². The number of carbonyl (C=O) groups is 2. The van der Waals surface area contributed by atoms with Crippen LogP contribution in [0.25, 0.3) is 0 Å². The second-order valence-corrected chi connectivity index (χ2v) is 13.2. The monoisotopic (exact) mass is 545 g/mol. The van der Waals surface area contributed by atoms with Crippen molar-refractivity contribution in [2.45, 2.75) is 56.3 Å². The Bertz CT molecular complexity index is 1180. The number of sulfonamides is 1. The lowest BCUT2D eigenvalue weighted by atomic mass is 10.0. The maximum atomic E-state index is 13.3. The van der Waals surface area contributed by atoms with Crippen LogP contribution in [-0.2, 0) is 32.5 Å². The molecule has 4 heterocycles. The maximum absolute atomic E-state index is 13.3. The first-order valence-electron chi connectivity index (χ1n) is 11.4. The zero-order chi connectivity index (χ0) is 24.5. The Morgan fingerprint density at radius 2 is 2.03 bits per heavy atom. The number of carbonyl (C=O) groups excluding carboxylic acids is 2. The largest absolute Gasteiger partial charge is 0.462 e. The van der Waals surface area contributed by atoms with E-state index in [9.17, 15) is 18.0 Å². The molecule has 1 saturated heterocycles. The maximum Gasteiger partial charge on any atom is 0.341 e. The first-order valence-corrected chi connectivity index (χ1v) is 14.8. The number of esters is 1. The van der Waals surface area contributed by atoms with Crippen LogP contribution < -0.4 is 5.32 Å². The van der Waals surface area contributed by atoms with E-state index >= 15 is 0 Å². The van der Waals surface area contributed by atoms with Gasteiger partial charge in [0.05, 0.1) is 16.5 Å². The molecule has 1 unspecified atom stereocenters. The fraction of sp³-hybridized carbons (Fsp3) is 0.545. The zero-order valence-corrected chi connectivity index (χ0v) is 22.3. The predicted octanol–water partition coefficient (Wildman–Crippen LogP) is 4.20. The topological polar surface area (TPSA) is 96.0 Å². The number of thiophene rings is 2. The van der Waals surface area contributed by atoms with Gasteiger partial charge in [-0.05, 0) is 56.8 Å². The summed E-state index contributed by atoms with van der Waals surface area (Å²) in [5.74, 6) is -0.887. The van der Waals surface area contributed by atoms with Crippen molar-refractivity contribution < 1.29 is 22.7 Å². The van der Waals surface area contributed by atoms with Gasteiger partial charge in [0.25, 0.3) is 10.0 Å². The van der Waals surface area contributed by atoms with Crippen LogP contribution in [0.3, 0.4) is 0 Å². The number of amides is 1. The van der Waals surface area contributed by atoms with Crippen molar-refractivity contribution in [2.75, 3.05) is 31.6 Å². The number of nitrogens with zero attached hydrogens (tertiary/aromatic N) is 2. The number of halogens is 1. The number of hydrogen-bond acceptors (Lipinski definition) is 8. The van der Waals surface area contributed by atoms with Gasteiger partial charge in [0.1, 0.15) is 15.3 Å². The molecular formula is C22H28ClN3O5S3. The highest BCUT2D eigenvalue weighted by Crippen LogP contribution is 2.39. The SMILES string of the molecule is CCCN1CCc2c(sc(NC(=O)C3CCCN3S(=O)(=O)c3ccc(Cl)s3)c2C(=O)OCC)C1. The minimum Gasteiger partial charge on any atom is -0.462 e. The summed E-state index contributed by atoms with van der Waals surface area (Å²) in [7, 11) is -3.84. The minimum absolute atomic E-state index is 0.118. The molecule has 1 amide bonds. The Morgan fingerprint density at radius 1 is 1.24 bits per heavy atom. The number of hydrogen-bond donors (Lipinski definition) is 1. The standard InChI is InChI=1S/C22H28ClN3O5S3/c1-3-10-25-12-9-14-16(13-25)32-21(19(14)22(28)31-4-2)24-20(27)15-6-5-11-26(15)34(29,30)18-8-7-17(23)33-18/h7-8,15H,3-6,9-13H2,1-2H3,(H,24,27).